The number of hydrogen-bond donors (Lipinski definition) is 2. The zero-order valence-electron chi connectivity index (χ0n) is 13.8. The number of rotatable bonds is 5. The molecule has 0 saturated carbocycles. The molecule has 2 aromatic rings. The van der Waals surface area contributed by atoms with Gasteiger partial charge in [0.1, 0.15) is 0 Å². The lowest BCUT2D eigenvalue weighted by Crippen LogP contribution is -2.43. The molecule has 0 aliphatic carbocycles. The van der Waals surface area contributed by atoms with Gasteiger partial charge in [0.15, 0.2) is 16.4 Å². The smallest absolute Gasteiger partial charge is 0.338 e. The fraction of sp³-hybridized carbons (Fsp3) is 0.118. The molecule has 0 aliphatic rings. The number of esters is 1. The first-order valence-electron chi connectivity index (χ1n) is 7.39. The van der Waals surface area contributed by atoms with Crippen LogP contribution in [0.25, 0.3) is 0 Å². The van der Waals surface area contributed by atoms with E-state index in [0.717, 1.165) is 12.3 Å². The van der Waals surface area contributed by atoms with Gasteiger partial charge >= 0.3 is 5.97 Å². The van der Waals surface area contributed by atoms with Crippen LogP contribution >= 0.6 is 0 Å². The van der Waals surface area contributed by atoms with Crippen LogP contribution in [0, 0.1) is 0 Å². The Bertz CT molecular complexity index is 925. The van der Waals surface area contributed by atoms with Crippen molar-refractivity contribution in [1.82, 2.24) is 10.9 Å². The summed E-state index contributed by atoms with van der Waals surface area (Å²) < 4.78 is 27.8. The summed E-state index contributed by atoms with van der Waals surface area (Å²) in [6.45, 7) is -0.642. The van der Waals surface area contributed by atoms with Gasteiger partial charge in [0.2, 0.25) is 0 Å². The van der Waals surface area contributed by atoms with Crippen LogP contribution in [0.2, 0.25) is 0 Å². The molecule has 0 saturated heterocycles. The summed E-state index contributed by atoms with van der Waals surface area (Å²) in [7, 11) is -3.47. The van der Waals surface area contributed by atoms with Gasteiger partial charge in [0.05, 0.1) is 10.5 Å². The van der Waals surface area contributed by atoms with Gasteiger partial charge in [-0.2, -0.15) is 0 Å². The van der Waals surface area contributed by atoms with Crippen LogP contribution in [0.3, 0.4) is 0 Å². The summed E-state index contributed by atoms with van der Waals surface area (Å²) in [5.74, 6) is -2.13. The summed E-state index contributed by atoms with van der Waals surface area (Å²) >= 11 is 0. The number of ether oxygens (including phenoxy) is 1. The minimum Gasteiger partial charge on any atom is -0.452 e. The van der Waals surface area contributed by atoms with Crippen LogP contribution in [0.4, 0.5) is 0 Å². The number of carbonyl (C=O) groups excluding carboxylic acids is 3. The Morgan fingerprint density at radius 3 is 2.23 bits per heavy atom. The third kappa shape index (κ3) is 5.42. The number of hydrogen-bond acceptors (Lipinski definition) is 6. The molecular weight excluding hydrogens is 360 g/mol. The van der Waals surface area contributed by atoms with Crippen LogP contribution in [-0.2, 0) is 19.4 Å². The van der Waals surface area contributed by atoms with E-state index in [1.165, 1.54) is 18.2 Å². The maximum Gasteiger partial charge on any atom is 0.338 e. The van der Waals surface area contributed by atoms with Gasteiger partial charge in [0, 0.05) is 11.8 Å². The molecule has 0 aromatic heterocycles. The number of benzene rings is 2. The number of amides is 2. The Labute approximate surface area is 150 Å². The highest BCUT2D eigenvalue weighted by atomic mass is 32.2. The highest BCUT2D eigenvalue weighted by Gasteiger charge is 2.14. The van der Waals surface area contributed by atoms with Crippen molar-refractivity contribution < 1.29 is 27.5 Å². The van der Waals surface area contributed by atoms with Crippen molar-refractivity contribution in [2.45, 2.75) is 4.90 Å². The third-order valence-corrected chi connectivity index (χ3v) is 4.29. The first-order chi connectivity index (χ1) is 12.3. The van der Waals surface area contributed by atoms with Crippen LogP contribution in [0.15, 0.2) is 59.5 Å². The van der Waals surface area contributed by atoms with Gasteiger partial charge in [-0.25, -0.2) is 13.2 Å². The van der Waals surface area contributed by atoms with Crippen LogP contribution in [-0.4, -0.2) is 39.1 Å². The van der Waals surface area contributed by atoms with Gasteiger partial charge in [-0.3, -0.25) is 20.4 Å². The Hall–Kier alpha value is -3.20. The second-order valence-corrected chi connectivity index (χ2v) is 7.26. The molecule has 0 spiro atoms. The number of carbonyl (C=O) groups is 3. The molecule has 26 heavy (non-hydrogen) atoms. The third-order valence-electron chi connectivity index (χ3n) is 3.18. The fourth-order valence-electron chi connectivity index (χ4n) is 1.89. The number of nitrogens with one attached hydrogen (secondary N) is 2. The Morgan fingerprint density at radius 1 is 0.923 bits per heavy atom. The van der Waals surface area contributed by atoms with Gasteiger partial charge < -0.3 is 4.74 Å². The largest absolute Gasteiger partial charge is 0.452 e. The highest BCUT2D eigenvalue weighted by molar-refractivity contribution is 7.90. The second-order valence-electron chi connectivity index (χ2n) is 5.24. The van der Waals surface area contributed by atoms with E-state index in [0.29, 0.717) is 5.56 Å². The predicted octanol–water partition coefficient (Wildman–Crippen LogP) is 0.708. The normalized spacial score (nSPS) is 10.7. The molecule has 0 unspecified atom stereocenters. The summed E-state index contributed by atoms with van der Waals surface area (Å²) in [6, 6.07) is 13.5. The van der Waals surface area contributed by atoms with E-state index in [1.807, 2.05) is 0 Å². The fourth-order valence-corrected chi connectivity index (χ4v) is 2.56. The van der Waals surface area contributed by atoms with Crippen molar-refractivity contribution in [2.75, 3.05) is 12.9 Å². The Morgan fingerprint density at radius 2 is 1.58 bits per heavy atom. The van der Waals surface area contributed by atoms with Gasteiger partial charge in [0.25, 0.3) is 11.8 Å². The van der Waals surface area contributed by atoms with E-state index in [9.17, 15) is 22.8 Å². The molecular formula is C17H16N2O6S. The molecule has 9 heteroatoms. The van der Waals surface area contributed by atoms with Crippen LogP contribution in [0.5, 0.6) is 0 Å². The molecule has 8 nitrogen and oxygen atoms in total. The van der Waals surface area contributed by atoms with Crippen LogP contribution in [0.1, 0.15) is 20.7 Å². The van der Waals surface area contributed by atoms with Gasteiger partial charge in [-0.15, -0.1) is 0 Å². The second kappa shape index (κ2) is 8.26. The monoisotopic (exact) mass is 376 g/mol. The van der Waals surface area contributed by atoms with Crippen LogP contribution < -0.4 is 10.9 Å². The maximum absolute atomic E-state index is 11.9. The molecule has 136 valence electrons. The topological polar surface area (TPSA) is 119 Å². The van der Waals surface area contributed by atoms with E-state index in [1.54, 1.807) is 30.3 Å². The SMILES string of the molecule is CS(=O)(=O)c1cccc(C(=O)OCC(=O)NNC(=O)c2ccccc2)c1. The number of hydrazine groups is 1. The highest BCUT2D eigenvalue weighted by Crippen LogP contribution is 2.12. The van der Waals surface area contributed by atoms with Gasteiger partial charge in [-0.05, 0) is 30.3 Å². The molecule has 0 radical (unpaired) electrons. The number of sulfone groups is 1. The van der Waals surface area contributed by atoms with E-state index < -0.39 is 34.2 Å². The van der Waals surface area contributed by atoms with Crippen molar-refractivity contribution in [3.63, 3.8) is 0 Å². The van der Waals surface area contributed by atoms with Crippen molar-refractivity contribution in [3.8, 4) is 0 Å². The van der Waals surface area contributed by atoms with Crippen molar-refractivity contribution in [2.24, 2.45) is 0 Å². The standard InChI is InChI=1S/C17H16N2O6S/c1-26(23,24)14-9-5-8-13(10-14)17(22)25-11-15(20)18-19-16(21)12-6-3-2-4-7-12/h2-10H,11H2,1H3,(H,18,20)(H,19,21). The molecule has 2 amide bonds. The Balaban J connectivity index is 1.85. The van der Waals surface area contributed by atoms with E-state index in [4.69, 9.17) is 4.74 Å². The molecule has 0 aliphatic heterocycles. The quantitative estimate of drug-likeness (QED) is 0.586. The maximum atomic E-state index is 11.9. The lowest BCUT2D eigenvalue weighted by Gasteiger charge is -2.08. The average molecular weight is 376 g/mol. The molecule has 0 fully saturated rings. The first-order valence-corrected chi connectivity index (χ1v) is 9.28. The summed E-state index contributed by atoms with van der Waals surface area (Å²) in [6.07, 6.45) is 1.01. The summed E-state index contributed by atoms with van der Waals surface area (Å²) in [4.78, 5) is 35.3. The summed E-state index contributed by atoms with van der Waals surface area (Å²) in [5, 5.41) is 0. The first kappa shape index (κ1) is 19.1. The molecule has 2 N–H and O–H groups in total. The van der Waals surface area contributed by atoms with E-state index in [2.05, 4.69) is 10.9 Å². The molecule has 0 atom stereocenters. The zero-order chi connectivity index (χ0) is 19.2. The molecule has 0 bridgehead atoms. The van der Waals surface area contributed by atoms with Crippen molar-refractivity contribution in [1.29, 1.82) is 0 Å². The zero-order valence-corrected chi connectivity index (χ0v) is 14.6. The minimum atomic E-state index is -3.47. The summed E-state index contributed by atoms with van der Waals surface area (Å²) in [5.41, 5.74) is 4.64. The van der Waals surface area contributed by atoms with Crippen molar-refractivity contribution >= 4 is 27.6 Å². The molecule has 0 heterocycles. The Kier molecular flexibility index (Phi) is 6.07. The minimum absolute atomic E-state index is 0.00551. The van der Waals surface area contributed by atoms with Crippen molar-refractivity contribution in [3.05, 3.63) is 65.7 Å². The molecule has 2 aromatic carbocycles. The van der Waals surface area contributed by atoms with E-state index >= 15 is 0 Å². The lowest BCUT2D eigenvalue weighted by molar-refractivity contribution is -0.125. The van der Waals surface area contributed by atoms with Gasteiger partial charge in [-0.1, -0.05) is 24.3 Å². The molecule has 2 rings (SSSR count). The van der Waals surface area contributed by atoms with E-state index in [-0.39, 0.29) is 10.5 Å². The predicted molar refractivity (Wildman–Crippen MR) is 91.9 cm³/mol. The average Bonchev–Trinajstić information content (AvgIpc) is 2.64. The lowest BCUT2D eigenvalue weighted by atomic mass is 10.2.